The molecule has 102 valence electrons. The fourth-order valence-corrected chi connectivity index (χ4v) is 4.34. The number of halogens is 1. The number of hydrogen-bond acceptors (Lipinski definition) is 4. The van der Waals surface area contributed by atoms with Gasteiger partial charge in [0.2, 0.25) is 0 Å². The Balaban J connectivity index is 2.44. The highest BCUT2D eigenvalue weighted by Crippen LogP contribution is 2.28. The van der Waals surface area contributed by atoms with Gasteiger partial charge in [0.15, 0.2) is 0 Å². The summed E-state index contributed by atoms with van der Waals surface area (Å²) in [6.07, 6.45) is 0. The number of rotatable bonds is 4. The zero-order chi connectivity index (χ0) is 14.0. The van der Waals surface area contributed by atoms with E-state index in [1.165, 1.54) is 34.6 Å². The molecule has 0 aliphatic rings. The zero-order valence-corrected chi connectivity index (χ0v) is 11.8. The molecule has 2 aromatic rings. The minimum Gasteiger partial charge on any atom is -0.398 e. The first-order valence-corrected chi connectivity index (χ1v) is 7.89. The molecule has 0 fully saturated rings. The highest BCUT2D eigenvalue weighted by Gasteiger charge is 2.25. The predicted molar refractivity (Wildman–Crippen MR) is 75.3 cm³/mol. The summed E-state index contributed by atoms with van der Waals surface area (Å²) in [4.78, 5) is 0. The van der Waals surface area contributed by atoms with Crippen molar-refractivity contribution in [2.75, 3.05) is 16.6 Å². The number of sulfonamides is 1. The summed E-state index contributed by atoms with van der Waals surface area (Å²) in [7, 11) is -3.65. The van der Waals surface area contributed by atoms with Gasteiger partial charge < -0.3 is 5.73 Å². The molecule has 1 aromatic heterocycles. The van der Waals surface area contributed by atoms with Crippen molar-refractivity contribution in [3.8, 4) is 0 Å². The topological polar surface area (TPSA) is 63.4 Å². The maximum atomic E-state index is 12.9. The molecule has 19 heavy (non-hydrogen) atoms. The lowest BCUT2D eigenvalue weighted by molar-refractivity contribution is 0.593. The maximum absolute atomic E-state index is 12.9. The second-order valence-electron chi connectivity index (χ2n) is 3.85. The predicted octanol–water partition coefficient (Wildman–Crippen LogP) is 2.68. The summed E-state index contributed by atoms with van der Waals surface area (Å²) >= 11 is 1.07. The van der Waals surface area contributed by atoms with E-state index in [9.17, 15) is 12.8 Å². The van der Waals surface area contributed by atoms with Crippen LogP contribution in [0.1, 0.15) is 6.92 Å². The van der Waals surface area contributed by atoms with Crippen molar-refractivity contribution in [3.05, 3.63) is 41.5 Å². The minimum atomic E-state index is -3.65. The summed E-state index contributed by atoms with van der Waals surface area (Å²) in [5, 5.41) is 1.57. The number of hydrogen-bond donors (Lipinski definition) is 1. The van der Waals surface area contributed by atoms with Gasteiger partial charge in [-0.25, -0.2) is 12.8 Å². The van der Waals surface area contributed by atoms with Crippen LogP contribution in [-0.2, 0) is 10.0 Å². The number of anilines is 2. The van der Waals surface area contributed by atoms with Crippen LogP contribution in [0.5, 0.6) is 0 Å². The van der Waals surface area contributed by atoms with E-state index in [2.05, 4.69) is 0 Å². The Morgan fingerprint density at radius 1 is 1.32 bits per heavy atom. The van der Waals surface area contributed by atoms with Gasteiger partial charge in [-0.3, -0.25) is 4.31 Å². The Bertz CT molecular complexity index is 665. The Labute approximate surface area is 115 Å². The number of thiophene rings is 1. The van der Waals surface area contributed by atoms with Gasteiger partial charge in [-0.2, -0.15) is 0 Å². The lowest BCUT2D eigenvalue weighted by Gasteiger charge is -2.21. The van der Waals surface area contributed by atoms with Crippen LogP contribution in [0.2, 0.25) is 0 Å². The first-order chi connectivity index (χ1) is 8.95. The van der Waals surface area contributed by atoms with Crippen LogP contribution in [-0.4, -0.2) is 15.0 Å². The zero-order valence-electron chi connectivity index (χ0n) is 10.2. The summed E-state index contributed by atoms with van der Waals surface area (Å²) in [6.45, 7) is 1.98. The van der Waals surface area contributed by atoms with E-state index in [1.54, 1.807) is 12.3 Å². The van der Waals surface area contributed by atoms with Gasteiger partial charge in [-0.05, 0) is 37.3 Å². The Morgan fingerprint density at radius 3 is 2.42 bits per heavy atom. The quantitative estimate of drug-likeness (QED) is 0.944. The summed E-state index contributed by atoms with van der Waals surface area (Å²) in [5.74, 6) is -0.405. The third-order valence-corrected chi connectivity index (χ3v) is 5.88. The van der Waals surface area contributed by atoms with Crippen molar-refractivity contribution in [1.29, 1.82) is 0 Å². The highest BCUT2D eigenvalue weighted by molar-refractivity contribution is 7.94. The average Bonchev–Trinajstić information content (AvgIpc) is 2.80. The monoisotopic (exact) mass is 300 g/mol. The van der Waals surface area contributed by atoms with Crippen molar-refractivity contribution >= 4 is 32.7 Å². The molecule has 0 unspecified atom stereocenters. The molecule has 0 saturated heterocycles. The number of nitrogens with two attached hydrogens (primary N) is 1. The average molecular weight is 300 g/mol. The van der Waals surface area contributed by atoms with E-state index in [-0.39, 0.29) is 10.8 Å². The summed E-state index contributed by atoms with van der Waals surface area (Å²) in [5.41, 5.74) is 6.40. The van der Waals surface area contributed by atoms with Gasteiger partial charge in [0.25, 0.3) is 10.0 Å². The summed E-state index contributed by atoms with van der Waals surface area (Å²) in [6, 6.07) is 6.76. The van der Waals surface area contributed by atoms with Crippen molar-refractivity contribution in [3.63, 3.8) is 0 Å². The molecule has 2 N–H and O–H groups in total. The van der Waals surface area contributed by atoms with Gasteiger partial charge in [0, 0.05) is 17.6 Å². The number of nitrogens with zero attached hydrogens (tertiary/aromatic N) is 1. The van der Waals surface area contributed by atoms with Gasteiger partial charge >= 0.3 is 0 Å². The minimum absolute atomic E-state index is 0.177. The van der Waals surface area contributed by atoms with E-state index < -0.39 is 15.8 Å². The number of nitrogen functional groups attached to an aromatic ring is 1. The standard InChI is InChI=1S/C12H13FN2O2S2/c1-2-15(11-5-3-9(13)4-6-11)19(16,17)12-7-10(14)8-18-12/h3-8H,2,14H2,1H3. The molecule has 0 aliphatic heterocycles. The van der Waals surface area contributed by atoms with Crippen molar-refractivity contribution in [2.45, 2.75) is 11.1 Å². The first-order valence-electron chi connectivity index (χ1n) is 5.57. The van der Waals surface area contributed by atoms with Crippen LogP contribution in [0.15, 0.2) is 39.9 Å². The van der Waals surface area contributed by atoms with Crippen LogP contribution in [0.3, 0.4) is 0 Å². The fraction of sp³-hybridized carbons (Fsp3) is 0.167. The maximum Gasteiger partial charge on any atom is 0.273 e. The lowest BCUT2D eigenvalue weighted by Crippen LogP contribution is -2.30. The third kappa shape index (κ3) is 2.71. The molecular weight excluding hydrogens is 287 g/mol. The Hall–Kier alpha value is -1.60. The van der Waals surface area contributed by atoms with Crippen LogP contribution < -0.4 is 10.0 Å². The van der Waals surface area contributed by atoms with E-state index in [4.69, 9.17) is 5.73 Å². The van der Waals surface area contributed by atoms with Crippen LogP contribution in [0, 0.1) is 5.82 Å². The van der Waals surface area contributed by atoms with Crippen LogP contribution >= 0.6 is 11.3 Å². The molecule has 0 radical (unpaired) electrons. The van der Waals surface area contributed by atoms with Crippen molar-refractivity contribution in [2.24, 2.45) is 0 Å². The molecule has 0 amide bonds. The Morgan fingerprint density at radius 2 is 1.95 bits per heavy atom. The SMILES string of the molecule is CCN(c1ccc(F)cc1)S(=O)(=O)c1cc(N)cs1. The molecule has 0 spiro atoms. The van der Waals surface area contributed by atoms with Gasteiger partial charge in [-0.15, -0.1) is 11.3 Å². The van der Waals surface area contributed by atoms with Gasteiger partial charge in [0.1, 0.15) is 10.0 Å². The van der Waals surface area contributed by atoms with E-state index >= 15 is 0 Å². The lowest BCUT2D eigenvalue weighted by atomic mass is 10.3. The number of benzene rings is 1. The third-order valence-electron chi connectivity index (χ3n) is 2.54. The largest absolute Gasteiger partial charge is 0.398 e. The molecule has 0 saturated carbocycles. The van der Waals surface area contributed by atoms with Crippen molar-refractivity contribution < 1.29 is 12.8 Å². The van der Waals surface area contributed by atoms with Crippen LogP contribution in [0.25, 0.3) is 0 Å². The van der Waals surface area contributed by atoms with Crippen molar-refractivity contribution in [1.82, 2.24) is 0 Å². The first kappa shape index (κ1) is 13.8. The molecule has 7 heteroatoms. The second-order valence-corrected chi connectivity index (χ2v) is 6.85. The Kier molecular flexibility index (Phi) is 3.77. The molecular formula is C12H13FN2O2S2. The molecule has 0 atom stereocenters. The van der Waals surface area contributed by atoms with E-state index in [0.29, 0.717) is 11.4 Å². The molecule has 1 heterocycles. The van der Waals surface area contributed by atoms with Gasteiger partial charge in [0.05, 0.1) is 5.69 Å². The highest BCUT2D eigenvalue weighted by atomic mass is 32.2. The fourth-order valence-electron chi connectivity index (χ4n) is 1.67. The normalized spacial score (nSPS) is 11.5. The molecule has 2 rings (SSSR count). The molecule has 4 nitrogen and oxygen atoms in total. The van der Waals surface area contributed by atoms with E-state index in [1.807, 2.05) is 0 Å². The van der Waals surface area contributed by atoms with Gasteiger partial charge in [-0.1, -0.05) is 0 Å². The smallest absolute Gasteiger partial charge is 0.273 e. The molecule has 0 bridgehead atoms. The summed E-state index contributed by atoms with van der Waals surface area (Å²) < 4.78 is 39.2. The van der Waals surface area contributed by atoms with Crippen LogP contribution in [0.4, 0.5) is 15.8 Å². The molecule has 0 aliphatic carbocycles. The second kappa shape index (κ2) is 5.18. The molecule has 1 aromatic carbocycles. The van der Waals surface area contributed by atoms with E-state index in [0.717, 1.165) is 11.3 Å².